The summed E-state index contributed by atoms with van der Waals surface area (Å²) in [6, 6.07) is 10.2. The van der Waals surface area contributed by atoms with Gasteiger partial charge in [-0.25, -0.2) is 22.9 Å². The average molecular weight is 692 g/mol. The number of nitrogens with zero attached hydrogens (tertiary/aromatic N) is 3. The molecule has 3 aliphatic rings. The topological polar surface area (TPSA) is 81.2 Å². The molecule has 1 amide bonds. The number of benzene rings is 2. The molecule has 6 rings (SSSR count). The first-order chi connectivity index (χ1) is 23.2. The molecule has 1 aliphatic carbocycles. The molecule has 3 fully saturated rings. The van der Waals surface area contributed by atoms with E-state index < -0.39 is 54.8 Å². The molecule has 1 saturated carbocycles. The van der Waals surface area contributed by atoms with Crippen LogP contribution in [0.5, 0.6) is 5.75 Å². The molecular formula is C35H35F6N3O5. The van der Waals surface area contributed by atoms with Crippen molar-refractivity contribution in [1.29, 1.82) is 0 Å². The fourth-order valence-electron chi connectivity index (χ4n) is 6.99. The lowest BCUT2D eigenvalue weighted by atomic mass is 9.78. The van der Waals surface area contributed by atoms with Crippen LogP contribution < -0.4 is 9.64 Å². The third-order valence-corrected chi connectivity index (χ3v) is 9.66. The second-order valence-corrected chi connectivity index (χ2v) is 12.9. The molecule has 0 spiro atoms. The number of amides is 1. The minimum atomic E-state index is -4.82. The third kappa shape index (κ3) is 7.00. The van der Waals surface area contributed by atoms with Gasteiger partial charge in [0.25, 0.3) is 5.92 Å². The van der Waals surface area contributed by atoms with Crippen molar-refractivity contribution in [3.8, 4) is 16.9 Å². The molecule has 0 bridgehead atoms. The van der Waals surface area contributed by atoms with E-state index in [4.69, 9.17) is 19.2 Å². The van der Waals surface area contributed by atoms with Crippen LogP contribution in [-0.4, -0.2) is 61.2 Å². The monoisotopic (exact) mass is 691 g/mol. The van der Waals surface area contributed by atoms with Crippen LogP contribution in [-0.2, 0) is 27.0 Å². The van der Waals surface area contributed by atoms with Gasteiger partial charge in [0.05, 0.1) is 57.1 Å². The molecular weight excluding hydrogens is 656 g/mol. The second-order valence-electron chi connectivity index (χ2n) is 12.9. The lowest BCUT2D eigenvalue weighted by Crippen LogP contribution is -2.56. The standard InChI is InChI=1S/C35H35F6N3O5/c1-19-31(23-12-24(35(39,40)41)15-25(36)13-23)49-33(46)44(19)16-28-26(9-11-30(42-28)43-17-34(37,38)18-43)27-14-22(8-10-29(27)47-2)20-4-6-21(7-5-20)32(45)48-3/h8-15,19-21,31H,4-7,16-18H2,1-3H3/t19-,20?,21?,31-/m0/s1. The number of hydrogen-bond donors (Lipinski definition) is 0. The molecule has 3 heterocycles. The summed E-state index contributed by atoms with van der Waals surface area (Å²) in [6.07, 6.45) is -4.03. The first-order valence-electron chi connectivity index (χ1n) is 15.9. The van der Waals surface area contributed by atoms with Gasteiger partial charge in [0.1, 0.15) is 23.5 Å². The number of anilines is 1. The van der Waals surface area contributed by atoms with Crippen LogP contribution in [0.1, 0.15) is 67.0 Å². The highest BCUT2D eigenvalue weighted by Crippen LogP contribution is 2.43. The molecule has 2 aliphatic heterocycles. The van der Waals surface area contributed by atoms with Gasteiger partial charge in [0, 0.05) is 11.1 Å². The number of pyridine rings is 1. The van der Waals surface area contributed by atoms with Gasteiger partial charge in [-0.2, -0.15) is 13.2 Å². The van der Waals surface area contributed by atoms with Crippen molar-refractivity contribution in [1.82, 2.24) is 9.88 Å². The number of carbonyl (C=O) groups excluding carboxylic acids is 2. The number of carbonyl (C=O) groups is 2. The minimum Gasteiger partial charge on any atom is -0.496 e. The number of methoxy groups -OCH3 is 2. The van der Waals surface area contributed by atoms with Crippen LogP contribution in [0.15, 0.2) is 48.5 Å². The number of esters is 1. The highest BCUT2D eigenvalue weighted by molar-refractivity contribution is 5.76. The zero-order valence-corrected chi connectivity index (χ0v) is 27.0. The van der Waals surface area contributed by atoms with E-state index >= 15 is 0 Å². The molecule has 8 nitrogen and oxygen atoms in total. The van der Waals surface area contributed by atoms with Gasteiger partial charge >= 0.3 is 18.2 Å². The summed E-state index contributed by atoms with van der Waals surface area (Å²) in [6.45, 7) is 0.316. The Kier molecular flexibility index (Phi) is 9.18. The molecule has 2 saturated heterocycles. The predicted molar refractivity (Wildman–Crippen MR) is 166 cm³/mol. The maximum absolute atomic E-state index is 14.3. The van der Waals surface area contributed by atoms with Crippen molar-refractivity contribution >= 4 is 17.9 Å². The van der Waals surface area contributed by atoms with E-state index in [1.165, 1.54) is 24.0 Å². The van der Waals surface area contributed by atoms with Gasteiger partial charge in [-0.1, -0.05) is 6.07 Å². The predicted octanol–water partition coefficient (Wildman–Crippen LogP) is 7.90. The Balaban J connectivity index is 1.34. The second kappa shape index (κ2) is 13.1. The summed E-state index contributed by atoms with van der Waals surface area (Å²) in [5, 5.41) is 0. The number of halogens is 6. The third-order valence-electron chi connectivity index (χ3n) is 9.66. The van der Waals surface area contributed by atoms with Crippen molar-refractivity contribution in [2.75, 3.05) is 32.2 Å². The van der Waals surface area contributed by atoms with Crippen LogP contribution in [0.2, 0.25) is 0 Å². The quantitative estimate of drug-likeness (QED) is 0.176. The Morgan fingerprint density at radius 3 is 2.33 bits per heavy atom. The molecule has 0 radical (unpaired) electrons. The van der Waals surface area contributed by atoms with E-state index in [2.05, 4.69) is 0 Å². The SMILES string of the molecule is COC(=O)C1CCC(c2ccc(OC)c(-c3ccc(N4CC(F)(F)C4)nc3CN3C(=O)O[C@H](c4cc(F)cc(C(F)(F)F)c4)[C@@H]3C)c2)CC1. The Hall–Kier alpha value is -4.49. The van der Waals surface area contributed by atoms with Gasteiger partial charge in [-0.15, -0.1) is 0 Å². The Morgan fingerprint density at radius 1 is 0.980 bits per heavy atom. The Morgan fingerprint density at radius 2 is 1.69 bits per heavy atom. The molecule has 262 valence electrons. The number of ether oxygens (including phenoxy) is 3. The smallest absolute Gasteiger partial charge is 0.416 e. The van der Waals surface area contributed by atoms with Gasteiger partial charge < -0.3 is 19.1 Å². The van der Waals surface area contributed by atoms with E-state index in [9.17, 15) is 35.9 Å². The zero-order chi connectivity index (χ0) is 35.2. The van der Waals surface area contributed by atoms with Gasteiger partial charge in [-0.05, 0) is 92.1 Å². The van der Waals surface area contributed by atoms with Gasteiger partial charge in [0.2, 0.25) is 0 Å². The highest BCUT2D eigenvalue weighted by atomic mass is 19.4. The number of hydrogen-bond acceptors (Lipinski definition) is 7. The van der Waals surface area contributed by atoms with Crippen molar-refractivity contribution in [3.05, 3.63) is 76.7 Å². The minimum absolute atomic E-state index is 0.145. The summed E-state index contributed by atoms with van der Waals surface area (Å²) in [5.74, 6) is -3.47. The van der Waals surface area contributed by atoms with E-state index in [-0.39, 0.29) is 35.7 Å². The lowest BCUT2D eigenvalue weighted by Gasteiger charge is -2.39. The summed E-state index contributed by atoms with van der Waals surface area (Å²) in [5.41, 5.74) is 1.13. The van der Waals surface area contributed by atoms with Crippen molar-refractivity contribution < 1.29 is 50.1 Å². The van der Waals surface area contributed by atoms with Gasteiger partial charge in [0.15, 0.2) is 0 Å². The van der Waals surface area contributed by atoms with Crippen LogP contribution >= 0.6 is 0 Å². The van der Waals surface area contributed by atoms with Crippen molar-refractivity contribution in [2.45, 2.75) is 69.3 Å². The largest absolute Gasteiger partial charge is 0.496 e. The molecule has 0 N–H and O–H groups in total. The number of rotatable bonds is 8. The number of alkyl halides is 5. The summed E-state index contributed by atoms with van der Waals surface area (Å²) >= 11 is 0. The van der Waals surface area contributed by atoms with Crippen LogP contribution in [0.4, 0.5) is 37.0 Å². The van der Waals surface area contributed by atoms with Crippen LogP contribution in [0, 0.1) is 11.7 Å². The van der Waals surface area contributed by atoms with Crippen LogP contribution in [0.3, 0.4) is 0 Å². The molecule has 49 heavy (non-hydrogen) atoms. The normalized spacial score (nSPS) is 23.6. The molecule has 3 aromatic rings. The first kappa shape index (κ1) is 34.4. The maximum Gasteiger partial charge on any atom is 0.416 e. The summed E-state index contributed by atoms with van der Waals surface area (Å²) < 4.78 is 98.4. The fourth-order valence-corrected chi connectivity index (χ4v) is 6.99. The maximum atomic E-state index is 14.3. The molecule has 2 atom stereocenters. The van der Waals surface area contributed by atoms with Crippen molar-refractivity contribution in [3.63, 3.8) is 0 Å². The molecule has 1 aromatic heterocycles. The zero-order valence-electron chi connectivity index (χ0n) is 27.0. The Bertz CT molecular complexity index is 1740. The molecule has 14 heteroatoms. The first-order valence-corrected chi connectivity index (χ1v) is 15.9. The van der Waals surface area contributed by atoms with E-state index in [0.29, 0.717) is 41.5 Å². The van der Waals surface area contributed by atoms with Gasteiger partial charge in [-0.3, -0.25) is 9.69 Å². The fraction of sp³-hybridized carbons (Fsp3) is 0.457. The van der Waals surface area contributed by atoms with E-state index in [1.54, 1.807) is 19.1 Å². The molecule has 2 aromatic carbocycles. The molecule has 0 unspecified atom stereocenters. The summed E-state index contributed by atoms with van der Waals surface area (Å²) in [4.78, 5) is 32.7. The number of aromatic nitrogens is 1. The van der Waals surface area contributed by atoms with E-state index in [1.807, 2.05) is 18.2 Å². The average Bonchev–Trinajstić information content (AvgIpc) is 3.34. The lowest BCUT2D eigenvalue weighted by molar-refractivity contribution is -0.146. The number of cyclic esters (lactones) is 1. The van der Waals surface area contributed by atoms with Crippen molar-refractivity contribution in [2.24, 2.45) is 5.92 Å². The Labute approximate surface area is 278 Å². The summed E-state index contributed by atoms with van der Waals surface area (Å²) in [7, 11) is 2.88. The highest BCUT2D eigenvalue weighted by Gasteiger charge is 2.45. The van der Waals surface area contributed by atoms with Crippen LogP contribution in [0.25, 0.3) is 11.1 Å². The van der Waals surface area contributed by atoms with E-state index in [0.717, 1.165) is 30.5 Å².